The molecule has 22 heavy (non-hydrogen) atoms. The summed E-state index contributed by atoms with van der Waals surface area (Å²) >= 11 is 0. The molecule has 1 rings (SSSR count). The lowest BCUT2D eigenvalue weighted by molar-refractivity contribution is -0.131. The zero-order valence-corrected chi connectivity index (χ0v) is 13.7. The molecule has 5 nitrogen and oxygen atoms in total. The molecule has 0 bridgehead atoms. The summed E-state index contributed by atoms with van der Waals surface area (Å²) in [5.41, 5.74) is -0.596. The van der Waals surface area contributed by atoms with E-state index >= 15 is 0 Å². The predicted octanol–water partition coefficient (Wildman–Crippen LogP) is 1.56. The van der Waals surface area contributed by atoms with Crippen LogP contribution in [0.1, 0.15) is 39.2 Å². The summed E-state index contributed by atoms with van der Waals surface area (Å²) in [6.07, 6.45) is 0.460. The first-order chi connectivity index (χ1) is 10.3. The summed E-state index contributed by atoms with van der Waals surface area (Å²) in [5.74, 6) is -0.290. The Balaban J connectivity index is 2.72. The Hall–Kier alpha value is -1.88. The number of likely N-dealkylation sites (N-methyl/N-ethyl adjacent to an activating group) is 1. The van der Waals surface area contributed by atoms with Crippen molar-refractivity contribution >= 4 is 11.8 Å². The Labute approximate surface area is 132 Å². The second kappa shape index (κ2) is 7.94. The Bertz CT molecular complexity index is 498. The van der Waals surface area contributed by atoms with Crippen molar-refractivity contribution in [2.24, 2.45) is 5.92 Å². The summed E-state index contributed by atoms with van der Waals surface area (Å²) in [4.78, 5) is 24.0. The van der Waals surface area contributed by atoms with Crippen LogP contribution in [0.15, 0.2) is 30.3 Å². The Morgan fingerprint density at radius 1 is 1.23 bits per heavy atom. The predicted molar refractivity (Wildman–Crippen MR) is 86.1 cm³/mol. The van der Waals surface area contributed by atoms with E-state index in [0.29, 0.717) is 12.0 Å². The van der Waals surface area contributed by atoms with Crippen molar-refractivity contribution in [3.63, 3.8) is 0 Å². The molecule has 2 amide bonds. The summed E-state index contributed by atoms with van der Waals surface area (Å²) in [6.45, 7) is 5.57. The summed E-state index contributed by atoms with van der Waals surface area (Å²) < 4.78 is 0. The van der Waals surface area contributed by atoms with Crippen LogP contribution >= 0.6 is 0 Å². The highest BCUT2D eigenvalue weighted by Gasteiger charge is 2.29. The molecule has 0 saturated carbocycles. The van der Waals surface area contributed by atoms with Gasteiger partial charge in [-0.2, -0.15) is 0 Å². The second-order valence-corrected chi connectivity index (χ2v) is 6.18. The molecule has 1 aromatic carbocycles. The highest BCUT2D eigenvalue weighted by molar-refractivity contribution is 5.87. The molecule has 0 aliphatic carbocycles. The van der Waals surface area contributed by atoms with Crippen molar-refractivity contribution in [3.05, 3.63) is 35.9 Å². The number of benzene rings is 1. The van der Waals surface area contributed by atoms with E-state index in [-0.39, 0.29) is 24.2 Å². The van der Waals surface area contributed by atoms with Gasteiger partial charge < -0.3 is 15.7 Å². The minimum absolute atomic E-state index is 0.0946. The zero-order valence-electron chi connectivity index (χ0n) is 13.7. The van der Waals surface area contributed by atoms with Crippen LogP contribution in [0.4, 0.5) is 0 Å². The first-order valence-electron chi connectivity index (χ1n) is 7.55. The number of nitrogens with one attached hydrogen (secondary N) is 2. The lowest BCUT2D eigenvalue weighted by Crippen LogP contribution is -2.47. The molecule has 2 unspecified atom stereocenters. The average Bonchev–Trinajstić information content (AvgIpc) is 2.45. The monoisotopic (exact) mass is 306 g/mol. The van der Waals surface area contributed by atoms with E-state index in [4.69, 9.17) is 0 Å². The van der Waals surface area contributed by atoms with E-state index in [2.05, 4.69) is 10.6 Å². The molecule has 0 spiro atoms. The van der Waals surface area contributed by atoms with Gasteiger partial charge in [0.25, 0.3) is 0 Å². The topological polar surface area (TPSA) is 78.4 Å². The third-order valence-corrected chi connectivity index (χ3v) is 3.51. The lowest BCUT2D eigenvalue weighted by atomic mass is 9.92. The third-order valence-electron chi connectivity index (χ3n) is 3.51. The highest BCUT2D eigenvalue weighted by Crippen LogP contribution is 2.24. The fourth-order valence-corrected chi connectivity index (χ4v) is 2.33. The van der Waals surface area contributed by atoms with Crippen molar-refractivity contribution in [1.82, 2.24) is 10.6 Å². The van der Waals surface area contributed by atoms with Crippen LogP contribution in [0.5, 0.6) is 0 Å². The molecule has 5 heteroatoms. The number of aliphatic hydroxyl groups is 1. The van der Waals surface area contributed by atoms with Gasteiger partial charge in [0, 0.05) is 7.05 Å². The van der Waals surface area contributed by atoms with E-state index in [1.54, 1.807) is 26.1 Å². The van der Waals surface area contributed by atoms with Gasteiger partial charge in [-0.1, -0.05) is 44.2 Å². The Morgan fingerprint density at radius 2 is 1.82 bits per heavy atom. The quantitative estimate of drug-likeness (QED) is 0.715. The molecule has 3 N–H and O–H groups in total. The molecule has 0 saturated heterocycles. The highest BCUT2D eigenvalue weighted by atomic mass is 16.3. The smallest absolute Gasteiger partial charge is 0.242 e. The second-order valence-electron chi connectivity index (χ2n) is 6.18. The third kappa shape index (κ3) is 5.48. The number of rotatable bonds is 7. The number of amides is 2. The number of hydrogen-bond donors (Lipinski definition) is 3. The van der Waals surface area contributed by atoms with Crippen LogP contribution in [-0.4, -0.2) is 30.0 Å². The Morgan fingerprint density at radius 3 is 2.32 bits per heavy atom. The van der Waals surface area contributed by atoms with Crippen LogP contribution in [0.2, 0.25) is 0 Å². The van der Waals surface area contributed by atoms with Gasteiger partial charge in [0.2, 0.25) is 11.8 Å². The van der Waals surface area contributed by atoms with Crippen LogP contribution in [-0.2, 0) is 15.2 Å². The molecule has 1 aromatic rings. The molecule has 2 atom stereocenters. The van der Waals surface area contributed by atoms with E-state index in [1.165, 1.54) is 0 Å². The van der Waals surface area contributed by atoms with Crippen molar-refractivity contribution < 1.29 is 14.7 Å². The first-order valence-corrected chi connectivity index (χ1v) is 7.55. The lowest BCUT2D eigenvalue weighted by Gasteiger charge is -2.25. The summed E-state index contributed by atoms with van der Waals surface area (Å²) in [7, 11) is 1.54. The zero-order chi connectivity index (χ0) is 16.8. The Kier molecular flexibility index (Phi) is 6.56. The van der Waals surface area contributed by atoms with Crippen molar-refractivity contribution in [2.75, 3.05) is 7.05 Å². The fraction of sp³-hybridized carbons (Fsp3) is 0.529. The normalized spacial score (nSPS) is 15.0. The van der Waals surface area contributed by atoms with Crippen molar-refractivity contribution in [1.29, 1.82) is 0 Å². The number of carbonyl (C=O) groups is 2. The van der Waals surface area contributed by atoms with E-state index in [1.807, 2.05) is 32.0 Å². The van der Waals surface area contributed by atoms with Crippen molar-refractivity contribution in [3.8, 4) is 0 Å². The first kappa shape index (κ1) is 18.2. The largest absolute Gasteiger partial charge is 0.385 e. The van der Waals surface area contributed by atoms with Crippen LogP contribution in [0.25, 0.3) is 0 Å². The minimum atomic E-state index is -1.27. The van der Waals surface area contributed by atoms with Crippen LogP contribution in [0.3, 0.4) is 0 Å². The summed E-state index contributed by atoms with van der Waals surface area (Å²) in [6, 6.07) is 8.45. The molecular formula is C17H26N2O3. The van der Waals surface area contributed by atoms with Crippen LogP contribution in [0, 0.1) is 5.92 Å². The number of carbonyl (C=O) groups excluding carboxylic acids is 2. The van der Waals surface area contributed by atoms with Gasteiger partial charge in [0.05, 0.1) is 12.0 Å². The molecule has 0 heterocycles. The maximum atomic E-state index is 12.2. The molecule has 0 aliphatic heterocycles. The fourth-order valence-electron chi connectivity index (χ4n) is 2.33. The van der Waals surface area contributed by atoms with E-state index < -0.39 is 11.6 Å². The molecule has 0 fully saturated rings. The van der Waals surface area contributed by atoms with Crippen LogP contribution < -0.4 is 10.6 Å². The van der Waals surface area contributed by atoms with Gasteiger partial charge in [-0.25, -0.2) is 0 Å². The summed E-state index contributed by atoms with van der Waals surface area (Å²) in [5, 5.41) is 15.8. The number of hydrogen-bond acceptors (Lipinski definition) is 3. The van der Waals surface area contributed by atoms with Gasteiger partial charge in [-0.15, -0.1) is 0 Å². The molecule has 0 aliphatic rings. The van der Waals surface area contributed by atoms with Gasteiger partial charge in [0.15, 0.2) is 0 Å². The molecule has 122 valence electrons. The van der Waals surface area contributed by atoms with Crippen molar-refractivity contribution in [2.45, 2.75) is 45.3 Å². The molecular weight excluding hydrogens is 280 g/mol. The average molecular weight is 306 g/mol. The maximum Gasteiger partial charge on any atom is 0.242 e. The minimum Gasteiger partial charge on any atom is -0.385 e. The van der Waals surface area contributed by atoms with Gasteiger partial charge in [-0.05, 0) is 24.8 Å². The standard InChI is InChI=1S/C17H26N2O3/c1-12(2)10-14(16(21)18-4)19-15(20)11-17(3,22)13-8-6-5-7-9-13/h5-9,12,14,22H,10-11H2,1-4H3,(H,18,21)(H,19,20). The van der Waals surface area contributed by atoms with Gasteiger partial charge in [-0.3, -0.25) is 9.59 Å². The maximum absolute atomic E-state index is 12.2. The SMILES string of the molecule is CNC(=O)C(CC(C)C)NC(=O)CC(C)(O)c1ccccc1. The van der Waals surface area contributed by atoms with E-state index in [9.17, 15) is 14.7 Å². The molecule has 0 aromatic heterocycles. The van der Waals surface area contributed by atoms with E-state index in [0.717, 1.165) is 0 Å². The van der Waals surface area contributed by atoms with Gasteiger partial charge in [0.1, 0.15) is 6.04 Å². The molecule has 0 radical (unpaired) electrons. The van der Waals surface area contributed by atoms with Gasteiger partial charge >= 0.3 is 0 Å².